The number of aldehydes is 1. The van der Waals surface area contributed by atoms with E-state index in [1.807, 2.05) is 47.0 Å². The third-order valence-corrected chi connectivity index (χ3v) is 21.5. The number of thiazole rings is 3. The van der Waals surface area contributed by atoms with E-state index in [9.17, 15) is 32.3 Å². The molecular weight excluding hydrogens is 1630 g/mol. The Kier molecular flexibility index (Phi) is 25.4. The molecule has 0 radical (unpaired) electrons. The van der Waals surface area contributed by atoms with Crippen LogP contribution in [-0.2, 0) is 41.7 Å². The number of benzene rings is 3. The first-order valence-corrected chi connectivity index (χ1v) is 38.5. The Balaban J connectivity index is 0.000000142. The highest BCUT2D eigenvalue weighted by molar-refractivity contribution is 9.11. The van der Waals surface area contributed by atoms with E-state index in [2.05, 4.69) is 108 Å². The molecule has 0 unspecified atom stereocenters. The van der Waals surface area contributed by atoms with Crippen LogP contribution in [0.5, 0.6) is 0 Å². The van der Waals surface area contributed by atoms with E-state index in [1.54, 1.807) is 70.6 Å². The number of esters is 3. The van der Waals surface area contributed by atoms with Crippen LogP contribution in [0.3, 0.4) is 0 Å². The van der Waals surface area contributed by atoms with Crippen LogP contribution in [0.1, 0.15) is 110 Å². The van der Waals surface area contributed by atoms with Gasteiger partial charge < -0.3 is 47.8 Å². The highest BCUT2D eigenvalue weighted by Gasteiger charge is 2.44. The first-order valence-electron chi connectivity index (χ1n) is 33.5. The van der Waals surface area contributed by atoms with Gasteiger partial charge >= 0.3 is 17.9 Å². The predicted molar refractivity (Wildman–Crippen MR) is 400 cm³/mol. The molecule has 3 atom stereocenters. The molecule has 25 nitrogen and oxygen atoms in total. The molecule has 0 spiro atoms. The normalized spacial score (nSPS) is 18.0. The summed E-state index contributed by atoms with van der Waals surface area (Å²) in [6.07, 6.45) is 5.85. The van der Waals surface area contributed by atoms with Crippen LogP contribution >= 0.6 is 81.8 Å². The van der Waals surface area contributed by atoms with Crippen LogP contribution in [0.4, 0.5) is 13.2 Å². The average Bonchev–Trinajstić information content (AvgIpc) is 0.909. The van der Waals surface area contributed by atoms with Gasteiger partial charge in [0.05, 0.1) is 47.9 Å². The van der Waals surface area contributed by atoms with Gasteiger partial charge in [-0.1, -0.05) is 81.5 Å². The minimum Gasteiger partial charge on any atom is -0.463 e. The highest BCUT2D eigenvalue weighted by atomic mass is 79.9. The van der Waals surface area contributed by atoms with Gasteiger partial charge in [-0.25, -0.2) is 42.5 Å². The number of piperazine rings is 3. The summed E-state index contributed by atoms with van der Waals surface area (Å²) in [4.78, 5) is 88.4. The zero-order chi connectivity index (χ0) is 74.7. The second-order valence-electron chi connectivity index (χ2n) is 24.2. The number of rotatable bonds is 17. The highest BCUT2D eigenvalue weighted by Crippen LogP contribution is 2.44. The summed E-state index contributed by atoms with van der Waals surface area (Å²) in [5, 5.41) is 22.9. The van der Waals surface area contributed by atoms with Crippen LogP contribution < -0.4 is 5.32 Å². The Morgan fingerprint density at radius 1 is 0.519 bits per heavy atom. The van der Waals surface area contributed by atoms with Gasteiger partial charge in [-0.15, -0.1) is 34.0 Å². The van der Waals surface area contributed by atoms with Crippen molar-refractivity contribution in [1.29, 1.82) is 0 Å². The summed E-state index contributed by atoms with van der Waals surface area (Å²) < 4.78 is 74.5. The molecule has 1 N–H and O–H groups in total. The van der Waals surface area contributed by atoms with E-state index in [0.717, 1.165) is 80.5 Å². The molecule has 0 aliphatic carbocycles. The first kappa shape index (κ1) is 76.6. The molecule has 15 rings (SSSR count). The molecule has 3 aromatic carbocycles. The van der Waals surface area contributed by atoms with Crippen molar-refractivity contribution in [3.63, 3.8) is 0 Å². The summed E-state index contributed by atoms with van der Waals surface area (Å²) in [6, 6.07) is 16.7. The van der Waals surface area contributed by atoms with Crippen molar-refractivity contribution < 1.29 is 60.1 Å². The van der Waals surface area contributed by atoms with Crippen LogP contribution in [0.2, 0.25) is 0 Å². The molecule has 6 aliphatic rings. The fourth-order valence-electron chi connectivity index (χ4n) is 12.6. The number of nitrogens with zero attached hydrogens (tertiary/aromatic N) is 14. The lowest BCUT2D eigenvalue weighted by molar-refractivity contribution is -0.140. The molecule has 0 amide bonds. The number of aryl methyl sites for hydroxylation is 3. The second-order valence-corrected chi connectivity index (χ2v) is 29.5. The zero-order valence-corrected chi connectivity index (χ0v) is 65.1. The summed E-state index contributed by atoms with van der Waals surface area (Å²) >= 11 is 14.8. The number of aliphatic imine (C=N–C) groups is 3. The topological polar surface area (TPSA) is 278 Å². The fourth-order valence-corrected chi connectivity index (χ4v) is 16.2. The molecule has 3 fully saturated rings. The molecule has 552 valence electrons. The van der Waals surface area contributed by atoms with Crippen molar-refractivity contribution in [3.8, 4) is 0 Å². The van der Waals surface area contributed by atoms with E-state index < -0.39 is 36.0 Å². The Morgan fingerprint density at radius 3 is 1.20 bits per heavy atom. The SMILES string of the molecule is CCOC(=O)C1=C2CN(Cc3cc(C)on3)CCN2C(c2nccs2)=N[C@H]1c1ccc(F)cc1Br.CCOC(=O)C1=C2CN(Cc3cc(C)on3)CCN2C(c2nccs2)=N[C@H]1c1ccc(F)cc1Br.CCOC(=O)C1=C2CNCCN2C(c2nccs2)=N[C@H]1c1ccc(F)cc1Br.Cc1cc(C=O)no1. The summed E-state index contributed by atoms with van der Waals surface area (Å²) in [7, 11) is 0. The van der Waals surface area contributed by atoms with E-state index in [0.29, 0.717) is 129 Å². The van der Waals surface area contributed by atoms with Crippen LogP contribution in [0.25, 0.3) is 0 Å². The van der Waals surface area contributed by atoms with Gasteiger partial charge in [0.2, 0.25) is 0 Å². The quantitative estimate of drug-likeness (QED) is 0.0504. The third-order valence-electron chi connectivity index (χ3n) is 17.1. The lowest BCUT2D eigenvalue weighted by Crippen LogP contribution is -2.50. The summed E-state index contributed by atoms with van der Waals surface area (Å²) in [6.45, 7) is 18.3. The van der Waals surface area contributed by atoms with Crippen molar-refractivity contribution in [2.45, 2.75) is 72.8 Å². The maximum atomic E-state index is 13.9. The molecule has 0 saturated carbocycles. The number of aromatic nitrogens is 6. The molecule has 6 aliphatic heterocycles. The summed E-state index contributed by atoms with van der Waals surface area (Å²) in [5.74, 6) is 1.89. The van der Waals surface area contributed by atoms with Crippen LogP contribution in [-0.4, -0.2) is 175 Å². The first-order chi connectivity index (χ1) is 51.3. The minimum absolute atomic E-state index is 0.234. The summed E-state index contributed by atoms with van der Waals surface area (Å²) in [5.41, 5.74) is 7.87. The van der Waals surface area contributed by atoms with Crippen molar-refractivity contribution in [3.05, 3.63) is 238 Å². The van der Waals surface area contributed by atoms with Crippen molar-refractivity contribution in [2.75, 3.05) is 78.7 Å². The monoisotopic (exact) mass is 1690 g/mol. The van der Waals surface area contributed by atoms with Gasteiger partial charge in [-0.3, -0.25) is 29.6 Å². The number of hydrogen-bond acceptors (Lipinski definition) is 28. The number of amidine groups is 3. The number of hydrogen-bond donors (Lipinski definition) is 1. The number of ether oxygens (including phenoxy) is 3. The molecule has 34 heteroatoms. The molecule has 3 saturated heterocycles. The Labute approximate surface area is 644 Å². The van der Waals surface area contributed by atoms with Gasteiger partial charge in [-0.2, -0.15) is 0 Å². The van der Waals surface area contributed by atoms with E-state index in [4.69, 9.17) is 38.2 Å². The van der Waals surface area contributed by atoms with Gasteiger partial charge in [0.25, 0.3) is 0 Å². The fraction of sp³-hybridized carbons (Fsp3) is 0.319. The van der Waals surface area contributed by atoms with Crippen LogP contribution in [0.15, 0.2) is 183 Å². The third kappa shape index (κ3) is 17.7. The number of nitrogens with one attached hydrogen (secondary N) is 1. The Hall–Kier alpha value is -9.00. The van der Waals surface area contributed by atoms with Gasteiger partial charge in [-0.05, 0) is 94.6 Å². The second kappa shape index (κ2) is 35.1. The van der Waals surface area contributed by atoms with Crippen molar-refractivity contribution in [1.82, 2.24) is 60.2 Å². The predicted octanol–water partition coefficient (Wildman–Crippen LogP) is 13.0. The maximum Gasteiger partial charge on any atom is 0.338 e. The minimum atomic E-state index is -0.677. The van der Waals surface area contributed by atoms with Gasteiger partial charge in [0.15, 0.2) is 38.8 Å². The van der Waals surface area contributed by atoms with Gasteiger partial charge in [0, 0.05) is 155 Å². The van der Waals surface area contributed by atoms with Crippen molar-refractivity contribution >= 4 is 124 Å². The number of carbonyl (C=O) groups is 4. The van der Waals surface area contributed by atoms with E-state index in [1.165, 1.54) is 70.4 Å². The molecule has 0 bridgehead atoms. The molecule has 12 heterocycles. The maximum absolute atomic E-state index is 13.9. The van der Waals surface area contributed by atoms with Crippen LogP contribution in [0, 0.1) is 38.2 Å². The Morgan fingerprint density at radius 2 is 0.887 bits per heavy atom. The molecular formula is C72H69Br3F3N15O10S3. The standard InChI is InChI=1S/2C24H23BrFN5O3S.C19H18BrFN4O2S.C5H5NO2/c2*1-3-33-24(32)20-19-13-30(12-16-10-14(2)34-29-16)7-8-31(19)22(23-27-6-9-35-23)28-21(20)17-5-4-15(26)11-18(17)25;1-2-27-19(26)15-14-10-22-5-7-25(14)17(18-23-6-8-28-18)24-16(15)12-4-3-11(21)9-13(12)20;1-4-2-5(3-7)6-8-4/h2*4-6,9-11,21H,3,7-8,12-13H2,1-2H3;3-4,6,8-9,16,22H,2,5,7,10H2,1H3;2-3H,1H3/t2*21-;16-;/m000./s1. The van der Waals surface area contributed by atoms with Crippen molar-refractivity contribution in [2.24, 2.45) is 15.0 Å². The van der Waals surface area contributed by atoms with Gasteiger partial charge in [0.1, 0.15) is 58.6 Å². The average molecular weight is 1700 g/mol. The molecule has 106 heavy (non-hydrogen) atoms. The largest absolute Gasteiger partial charge is 0.463 e. The molecule has 9 aromatic rings. The smallest absolute Gasteiger partial charge is 0.338 e. The Bertz CT molecular complexity index is 4670. The molecule has 6 aromatic heterocycles. The zero-order valence-electron chi connectivity index (χ0n) is 57.9. The lowest BCUT2D eigenvalue weighted by Gasteiger charge is -2.42. The lowest BCUT2D eigenvalue weighted by atomic mass is 9.93. The number of carbonyl (C=O) groups excluding carboxylic acids is 4. The number of halogens is 6. The van der Waals surface area contributed by atoms with E-state index in [-0.39, 0.29) is 37.3 Å². The van der Waals surface area contributed by atoms with E-state index >= 15 is 0 Å². The number of fused-ring (bicyclic) bond motifs is 3.